The molecule has 2 heterocycles. The largest absolute Gasteiger partial charge is 0.366 e. The van der Waals surface area contributed by atoms with Crippen LogP contribution < -0.4 is 16.0 Å². The van der Waals surface area contributed by atoms with E-state index in [4.69, 9.17) is 5.73 Å². The Morgan fingerprint density at radius 3 is 2.62 bits per heavy atom. The number of anilines is 2. The maximum Gasteiger partial charge on any atom is 0.251 e. The van der Waals surface area contributed by atoms with Crippen LogP contribution in [0.1, 0.15) is 40.5 Å². The molecule has 0 unspecified atom stereocenters. The number of hydrogen-bond donors (Lipinski definition) is 2. The van der Waals surface area contributed by atoms with E-state index >= 15 is 0 Å². The smallest absolute Gasteiger partial charge is 0.251 e. The average molecular weight is 413 g/mol. The fourth-order valence-electron chi connectivity index (χ4n) is 3.47. The molecule has 8 heteroatoms. The van der Waals surface area contributed by atoms with Crippen molar-refractivity contribution in [2.24, 2.45) is 5.73 Å². The van der Waals surface area contributed by atoms with Gasteiger partial charge in [-0.3, -0.25) is 14.4 Å². The molecule has 1 aliphatic heterocycles. The first-order valence-electron chi connectivity index (χ1n) is 9.32. The number of para-hydroxylation sites is 2. The Kier molecular flexibility index (Phi) is 5.93. The van der Waals surface area contributed by atoms with Crippen molar-refractivity contribution >= 4 is 40.9 Å². The van der Waals surface area contributed by atoms with Crippen molar-refractivity contribution in [1.82, 2.24) is 4.98 Å². The van der Waals surface area contributed by atoms with Crippen LogP contribution in [0.4, 0.5) is 11.4 Å². The number of nitrogens with zero attached hydrogens (tertiary/aromatic N) is 2. The lowest BCUT2D eigenvalue weighted by atomic mass is 10.0. The zero-order valence-corrected chi connectivity index (χ0v) is 17.7. The third kappa shape index (κ3) is 4.12. The van der Waals surface area contributed by atoms with Crippen molar-refractivity contribution in [3.05, 3.63) is 46.6 Å². The lowest BCUT2D eigenvalue weighted by Crippen LogP contribution is -2.40. The molecule has 0 saturated heterocycles. The summed E-state index contributed by atoms with van der Waals surface area (Å²) < 4.78 is 0. The molecule has 3 rings (SSSR count). The number of benzene rings is 1. The molecule has 0 aliphatic carbocycles. The molecule has 0 saturated carbocycles. The van der Waals surface area contributed by atoms with Crippen molar-refractivity contribution < 1.29 is 14.4 Å². The number of pyridine rings is 1. The van der Waals surface area contributed by atoms with E-state index in [2.05, 4.69) is 10.3 Å². The van der Waals surface area contributed by atoms with Gasteiger partial charge in [-0.25, -0.2) is 4.98 Å². The highest BCUT2D eigenvalue weighted by Crippen LogP contribution is 2.33. The molecule has 3 N–H and O–H groups in total. The van der Waals surface area contributed by atoms with Crippen molar-refractivity contribution in [3.63, 3.8) is 0 Å². The molecule has 1 atom stereocenters. The van der Waals surface area contributed by atoms with Crippen LogP contribution >= 0.6 is 11.8 Å². The molecule has 0 fully saturated rings. The van der Waals surface area contributed by atoms with E-state index < -0.39 is 5.91 Å². The summed E-state index contributed by atoms with van der Waals surface area (Å²) in [5.41, 5.74) is 9.69. The number of hydrogen-bond acceptors (Lipinski definition) is 5. The van der Waals surface area contributed by atoms with Crippen molar-refractivity contribution in [1.29, 1.82) is 0 Å². The van der Waals surface area contributed by atoms with Gasteiger partial charge >= 0.3 is 0 Å². The minimum atomic E-state index is -0.559. The van der Waals surface area contributed by atoms with E-state index in [1.807, 2.05) is 45.9 Å². The topological polar surface area (TPSA) is 105 Å². The van der Waals surface area contributed by atoms with E-state index in [0.29, 0.717) is 22.0 Å². The van der Waals surface area contributed by atoms with Gasteiger partial charge in [-0.1, -0.05) is 23.9 Å². The minimum Gasteiger partial charge on any atom is -0.366 e. The first-order valence-corrected chi connectivity index (χ1v) is 10.3. The second kappa shape index (κ2) is 8.24. The van der Waals surface area contributed by atoms with Gasteiger partial charge in [0.25, 0.3) is 5.91 Å². The fraction of sp³-hybridized carbons (Fsp3) is 0.333. The van der Waals surface area contributed by atoms with Gasteiger partial charge in [-0.15, -0.1) is 0 Å². The maximum absolute atomic E-state index is 13.1. The normalized spacial score (nSPS) is 16.1. The van der Waals surface area contributed by atoms with Crippen LogP contribution in [0.25, 0.3) is 0 Å². The Morgan fingerprint density at radius 2 is 1.93 bits per heavy atom. The summed E-state index contributed by atoms with van der Waals surface area (Å²) >= 11 is 1.19. The summed E-state index contributed by atoms with van der Waals surface area (Å²) in [6, 6.07) is 6.94. The van der Waals surface area contributed by atoms with E-state index in [0.717, 1.165) is 16.8 Å². The van der Waals surface area contributed by atoms with Crippen LogP contribution in [0.5, 0.6) is 0 Å². The molecule has 7 nitrogen and oxygen atoms in total. The van der Waals surface area contributed by atoms with Crippen LogP contribution in [-0.2, 0) is 9.59 Å². The van der Waals surface area contributed by atoms with Gasteiger partial charge in [0.15, 0.2) is 0 Å². The molecule has 3 amide bonds. The Hall–Kier alpha value is -2.87. The Bertz CT molecular complexity index is 1010. The molecule has 1 aromatic carbocycles. The number of carbonyl (C=O) groups excluding carboxylic acids is 3. The van der Waals surface area contributed by atoms with Gasteiger partial charge in [0.2, 0.25) is 11.8 Å². The minimum absolute atomic E-state index is 0.0715. The first-order chi connectivity index (χ1) is 13.7. The number of primary amides is 1. The molecular formula is C21H24N4O3S. The number of aryl methyl sites for hydroxylation is 1. The monoisotopic (exact) mass is 412 g/mol. The van der Waals surface area contributed by atoms with E-state index in [9.17, 15) is 14.4 Å². The summed E-state index contributed by atoms with van der Waals surface area (Å²) in [5, 5.41) is 3.30. The van der Waals surface area contributed by atoms with Crippen LogP contribution in [0, 0.1) is 20.8 Å². The van der Waals surface area contributed by atoms with Crippen LogP contribution in [-0.4, -0.2) is 34.5 Å². The number of thioether (sulfide) groups is 1. The van der Waals surface area contributed by atoms with Crippen LogP contribution in [0.15, 0.2) is 29.3 Å². The molecule has 1 aromatic heterocycles. The fourth-order valence-corrected chi connectivity index (χ4v) is 4.47. The van der Waals surface area contributed by atoms with Crippen LogP contribution in [0.2, 0.25) is 0 Å². The third-order valence-electron chi connectivity index (χ3n) is 5.17. The number of carbonyl (C=O) groups is 3. The third-order valence-corrected chi connectivity index (χ3v) is 6.13. The average Bonchev–Trinajstić information content (AvgIpc) is 2.78. The second-order valence-corrected chi connectivity index (χ2v) is 8.13. The second-order valence-electron chi connectivity index (χ2n) is 7.16. The van der Waals surface area contributed by atoms with Crippen LogP contribution in [0.3, 0.4) is 0 Å². The summed E-state index contributed by atoms with van der Waals surface area (Å²) in [5.74, 6) is -0.784. The highest BCUT2D eigenvalue weighted by Gasteiger charge is 2.30. The Morgan fingerprint density at radius 1 is 1.24 bits per heavy atom. The zero-order valence-electron chi connectivity index (χ0n) is 16.9. The van der Waals surface area contributed by atoms with E-state index in [-0.39, 0.29) is 30.0 Å². The van der Waals surface area contributed by atoms with Gasteiger partial charge in [0, 0.05) is 18.2 Å². The number of aromatic nitrogens is 1. The number of fused-ring (bicyclic) bond motifs is 1. The Balaban J connectivity index is 1.90. The summed E-state index contributed by atoms with van der Waals surface area (Å²) in [6.45, 7) is 7.44. The van der Waals surface area contributed by atoms with E-state index in [1.54, 1.807) is 11.0 Å². The number of nitrogens with one attached hydrogen (secondary N) is 1. The predicted molar refractivity (Wildman–Crippen MR) is 114 cm³/mol. The molecule has 0 bridgehead atoms. The molecule has 152 valence electrons. The molecule has 0 spiro atoms. The number of amides is 3. The summed E-state index contributed by atoms with van der Waals surface area (Å²) in [4.78, 5) is 43.4. The van der Waals surface area contributed by atoms with Crippen molar-refractivity contribution in [3.8, 4) is 0 Å². The quantitative estimate of drug-likeness (QED) is 0.751. The molecule has 1 aliphatic rings. The molecular weight excluding hydrogens is 388 g/mol. The van der Waals surface area contributed by atoms with Crippen molar-refractivity contribution in [2.75, 3.05) is 16.0 Å². The standard InChI is InChI=1S/C21H24N4O3S/c1-11-9-17(26)24-15-7-5-6-8-16(15)25(11)18(27)10-29-21-19(20(22)28)13(3)12(2)14(4)23-21/h5-8,11H,9-10H2,1-4H3,(H2,22,28)(H,24,26)/t11-/m1/s1. The number of nitrogens with two attached hydrogens (primary N) is 1. The summed E-state index contributed by atoms with van der Waals surface area (Å²) in [6.07, 6.45) is 0.207. The van der Waals surface area contributed by atoms with E-state index in [1.165, 1.54) is 11.8 Å². The van der Waals surface area contributed by atoms with Gasteiger partial charge in [0.05, 0.1) is 22.7 Å². The number of rotatable bonds is 4. The van der Waals surface area contributed by atoms with Crippen molar-refractivity contribution in [2.45, 2.75) is 45.2 Å². The first kappa shape index (κ1) is 20.9. The lowest BCUT2D eigenvalue weighted by molar-refractivity contribution is -0.117. The van der Waals surface area contributed by atoms with Gasteiger partial charge < -0.3 is 16.0 Å². The highest BCUT2D eigenvalue weighted by molar-refractivity contribution is 8.00. The van der Waals surface area contributed by atoms with Gasteiger partial charge in [-0.2, -0.15) is 0 Å². The zero-order chi connectivity index (χ0) is 21.3. The molecule has 29 heavy (non-hydrogen) atoms. The molecule has 2 aromatic rings. The lowest BCUT2D eigenvalue weighted by Gasteiger charge is -2.27. The summed E-state index contributed by atoms with van der Waals surface area (Å²) in [7, 11) is 0. The van der Waals surface area contributed by atoms with Gasteiger partial charge in [-0.05, 0) is 51.0 Å². The Labute approximate surface area is 174 Å². The SMILES string of the molecule is Cc1nc(SCC(=O)N2c3ccccc3NC(=O)C[C@H]2C)c(C(N)=O)c(C)c1C. The maximum atomic E-state index is 13.1. The molecule has 0 radical (unpaired) electrons. The highest BCUT2D eigenvalue weighted by atomic mass is 32.2. The predicted octanol–water partition coefficient (Wildman–Crippen LogP) is 2.96. The van der Waals surface area contributed by atoms with Gasteiger partial charge in [0.1, 0.15) is 5.03 Å².